The van der Waals surface area contributed by atoms with Gasteiger partial charge in [-0.3, -0.25) is 9.59 Å². The van der Waals surface area contributed by atoms with Gasteiger partial charge in [-0.2, -0.15) is 13.2 Å². The highest BCUT2D eigenvalue weighted by molar-refractivity contribution is 8.02. The van der Waals surface area contributed by atoms with Crippen molar-refractivity contribution in [2.24, 2.45) is 0 Å². The number of aliphatic carboxylic acids is 1. The van der Waals surface area contributed by atoms with E-state index < -0.39 is 34.3 Å². The number of carboxylic acids is 1. The third kappa shape index (κ3) is 4.10. The Balaban J connectivity index is 2.93. The maximum Gasteiger partial charge on any atom is 0.443 e. The van der Waals surface area contributed by atoms with Crippen molar-refractivity contribution in [3.63, 3.8) is 0 Å². The number of halogens is 3. The van der Waals surface area contributed by atoms with E-state index in [0.29, 0.717) is 0 Å². The van der Waals surface area contributed by atoms with Crippen LogP contribution < -0.4 is 0 Å². The Labute approximate surface area is 98.6 Å². The molecule has 1 N–H and O–H groups in total. The highest BCUT2D eigenvalue weighted by Crippen LogP contribution is 2.35. The van der Waals surface area contributed by atoms with Crippen molar-refractivity contribution in [2.45, 2.75) is 10.8 Å². The van der Waals surface area contributed by atoms with Gasteiger partial charge in [0.1, 0.15) is 0 Å². The molecule has 0 aliphatic heterocycles. The van der Waals surface area contributed by atoms with Crippen molar-refractivity contribution in [3.8, 4) is 0 Å². The normalized spacial score (nSPS) is 13.1. The first kappa shape index (κ1) is 13.6. The van der Waals surface area contributed by atoms with Crippen LogP contribution in [0.1, 0.15) is 10.4 Å². The summed E-state index contributed by atoms with van der Waals surface area (Å²) < 4.78 is 36.3. The Hall–Kier alpha value is -1.50. The molecule has 0 amide bonds. The molecule has 0 aliphatic rings. The summed E-state index contributed by atoms with van der Waals surface area (Å²) >= 11 is -0.836. The summed E-state index contributed by atoms with van der Waals surface area (Å²) in [4.78, 5) is 22.2. The molecule has 0 bridgehead atoms. The number of carboxylic acid groups (broad SMARTS) is 1. The summed E-state index contributed by atoms with van der Waals surface area (Å²) in [5.41, 5.74) is -4.83. The van der Waals surface area contributed by atoms with E-state index in [1.54, 1.807) is 6.07 Å². The molecular weight excluding hydrogens is 257 g/mol. The molecule has 1 rings (SSSR count). The average Bonchev–Trinajstić information content (AvgIpc) is 2.25. The fourth-order valence-electron chi connectivity index (χ4n) is 1.10. The molecule has 7 heteroatoms. The van der Waals surface area contributed by atoms with Crippen molar-refractivity contribution in [1.29, 1.82) is 0 Å². The molecule has 0 saturated carbocycles. The number of carbonyl (C=O) groups excluding carboxylic acids is 1. The molecule has 0 radical (unpaired) electrons. The van der Waals surface area contributed by atoms with Crippen molar-refractivity contribution in [2.75, 3.05) is 0 Å². The minimum absolute atomic E-state index is 0.0587. The van der Waals surface area contributed by atoms with Crippen LogP contribution in [0.5, 0.6) is 0 Å². The van der Waals surface area contributed by atoms with Crippen molar-refractivity contribution in [1.82, 2.24) is 0 Å². The largest absolute Gasteiger partial charge is 0.480 e. The van der Waals surface area contributed by atoms with Gasteiger partial charge in [0.05, 0.1) is 0 Å². The van der Waals surface area contributed by atoms with Crippen LogP contribution in [0, 0.1) is 0 Å². The molecule has 1 unspecified atom stereocenters. The van der Waals surface area contributed by atoms with Gasteiger partial charge >= 0.3 is 11.5 Å². The lowest BCUT2D eigenvalue weighted by molar-refractivity contribution is -0.135. The van der Waals surface area contributed by atoms with Crippen LogP contribution in [-0.2, 0) is 4.79 Å². The zero-order chi connectivity index (χ0) is 13.1. The molecule has 1 atom stereocenters. The van der Waals surface area contributed by atoms with E-state index in [0.717, 1.165) is 0 Å². The maximum atomic E-state index is 12.1. The van der Waals surface area contributed by atoms with E-state index in [1.807, 2.05) is 0 Å². The third-order valence-electron chi connectivity index (χ3n) is 1.77. The van der Waals surface area contributed by atoms with Gasteiger partial charge in [-0.05, 0) is 11.8 Å². The van der Waals surface area contributed by atoms with Crippen molar-refractivity contribution >= 4 is 23.5 Å². The standard InChI is InChI=1S/C10H7F3O3S/c11-10(12,13)17-8(9(15)16)7(14)6-4-2-1-3-5-6/h1-5,8H,(H,15,16). The number of hydrogen-bond donors (Lipinski definition) is 1. The summed E-state index contributed by atoms with van der Waals surface area (Å²) in [7, 11) is 0. The topological polar surface area (TPSA) is 54.4 Å². The van der Waals surface area contributed by atoms with Crippen LogP contribution in [0.15, 0.2) is 30.3 Å². The fourth-order valence-corrected chi connectivity index (χ4v) is 1.71. The molecule has 92 valence electrons. The van der Waals surface area contributed by atoms with Crippen molar-refractivity contribution in [3.05, 3.63) is 35.9 Å². The number of thioether (sulfide) groups is 1. The zero-order valence-electron chi connectivity index (χ0n) is 8.27. The van der Waals surface area contributed by atoms with Crippen LogP contribution >= 0.6 is 11.8 Å². The lowest BCUT2D eigenvalue weighted by atomic mass is 10.1. The van der Waals surface area contributed by atoms with E-state index in [2.05, 4.69) is 0 Å². The maximum absolute atomic E-state index is 12.1. The Kier molecular flexibility index (Phi) is 4.17. The van der Waals surface area contributed by atoms with Crippen LogP contribution in [-0.4, -0.2) is 27.6 Å². The SMILES string of the molecule is O=C(O)C(SC(F)(F)F)C(=O)c1ccccc1. The van der Waals surface area contributed by atoms with Crippen LogP contribution in [0.4, 0.5) is 13.2 Å². The van der Waals surface area contributed by atoms with E-state index in [4.69, 9.17) is 5.11 Å². The molecule has 1 aromatic carbocycles. The van der Waals surface area contributed by atoms with Gasteiger partial charge < -0.3 is 5.11 Å². The van der Waals surface area contributed by atoms with E-state index >= 15 is 0 Å². The van der Waals surface area contributed by atoms with Crippen molar-refractivity contribution < 1.29 is 27.9 Å². The first-order valence-electron chi connectivity index (χ1n) is 4.38. The predicted octanol–water partition coefficient (Wildman–Crippen LogP) is 2.58. The smallest absolute Gasteiger partial charge is 0.443 e. The number of ketones is 1. The minimum Gasteiger partial charge on any atom is -0.480 e. The van der Waals surface area contributed by atoms with Crippen LogP contribution in [0.25, 0.3) is 0 Å². The second-order valence-electron chi connectivity index (χ2n) is 3.01. The fraction of sp³-hybridized carbons (Fsp3) is 0.200. The average molecular weight is 264 g/mol. The number of rotatable bonds is 4. The minimum atomic E-state index is -4.77. The lowest BCUT2D eigenvalue weighted by Gasteiger charge is -2.12. The monoisotopic (exact) mass is 264 g/mol. The summed E-state index contributed by atoms with van der Waals surface area (Å²) in [5, 5.41) is 6.46. The van der Waals surface area contributed by atoms with Gasteiger partial charge in [0.2, 0.25) is 0 Å². The van der Waals surface area contributed by atoms with Gasteiger partial charge in [-0.15, -0.1) is 0 Å². The Morgan fingerprint density at radius 3 is 2.12 bits per heavy atom. The Morgan fingerprint density at radius 1 is 1.18 bits per heavy atom. The molecule has 0 fully saturated rings. The van der Waals surface area contributed by atoms with Gasteiger partial charge in [-0.25, -0.2) is 0 Å². The van der Waals surface area contributed by atoms with E-state index in [9.17, 15) is 22.8 Å². The number of Topliss-reactive ketones (excluding diaryl/α,β-unsaturated/α-hetero) is 1. The third-order valence-corrected chi connectivity index (χ3v) is 2.69. The van der Waals surface area contributed by atoms with Crippen LogP contribution in [0.3, 0.4) is 0 Å². The highest BCUT2D eigenvalue weighted by atomic mass is 32.2. The molecule has 0 heterocycles. The molecule has 1 aromatic rings. The van der Waals surface area contributed by atoms with Gasteiger partial charge in [0.15, 0.2) is 11.0 Å². The second-order valence-corrected chi connectivity index (χ2v) is 4.18. The molecular formula is C10H7F3O3S. The highest BCUT2D eigenvalue weighted by Gasteiger charge is 2.40. The summed E-state index contributed by atoms with van der Waals surface area (Å²) in [6, 6.07) is 7.02. The van der Waals surface area contributed by atoms with Crippen LogP contribution in [0.2, 0.25) is 0 Å². The predicted molar refractivity (Wildman–Crippen MR) is 55.8 cm³/mol. The number of hydrogen-bond acceptors (Lipinski definition) is 3. The molecule has 3 nitrogen and oxygen atoms in total. The van der Waals surface area contributed by atoms with E-state index in [1.165, 1.54) is 24.3 Å². The number of benzene rings is 1. The van der Waals surface area contributed by atoms with Gasteiger partial charge in [0.25, 0.3) is 0 Å². The molecule has 17 heavy (non-hydrogen) atoms. The molecule has 0 saturated heterocycles. The summed E-state index contributed by atoms with van der Waals surface area (Å²) in [5.74, 6) is -2.87. The molecule has 0 spiro atoms. The molecule has 0 aromatic heterocycles. The zero-order valence-corrected chi connectivity index (χ0v) is 9.09. The van der Waals surface area contributed by atoms with Gasteiger partial charge in [-0.1, -0.05) is 30.3 Å². The summed E-state index contributed by atoms with van der Waals surface area (Å²) in [6.45, 7) is 0. The quantitative estimate of drug-likeness (QED) is 0.670. The first-order valence-corrected chi connectivity index (χ1v) is 5.26. The number of carbonyl (C=O) groups is 2. The second kappa shape index (κ2) is 5.22. The van der Waals surface area contributed by atoms with Gasteiger partial charge in [0, 0.05) is 5.56 Å². The molecule has 0 aliphatic carbocycles. The first-order chi connectivity index (χ1) is 7.81. The summed E-state index contributed by atoms with van der Waals surface area (Å²) in [6.07, 6.45) is 0. The Bertz CT molecular complexity index is 417. The number of alkyl halides is 3. The van der Waals surface area contributed by atoms with E-state index in [-0.39, 0.29) is 5.56 Å². The Morgan fingerprint density at radius 2 is 1.71 bits per heavy atom. The lowest BCUT2D eigenvalue weighted by Crippen LogP contribution is -2.30.